The fourth-order valence-electron chi connectivity index (χ4n) is 1.64. The van der Waals surface area contributed by atoms with E-state index < -0.39 is 9.84 Å². The summed E-state index contributed by atoms with van der Waals surface area (Å²) in [6, 6.07) is 3.22. The number of aromatic nitrogens is 1. The first-order valence-electron chi connectivity index (χ1n) is 5.88. The Labute approximate surface area is 103 Å². The van der Waals surface area contributed by atoms with E-state index in [0.29, 0.717) is 11.7 Å². The highest BCUT2D eigenvalue weighted by atomic mass is 32.2. The molecule has 0 spiro atoms. The van der Waals surface area contributed by atoms with Crippen molar-refractivity contribution in [1.82, 2.24) is 4.98 Å². The molecule has 5 heteroatoms. The molecular formula is C12H20N2O2S. The summed E-state index contributed by atoms with van der Waals surface area (Å²) in [7, 11) is -3.22. The van der Waals surface area contributed by atoms with Crippen LogP contribution in [0.25, 0.3) is 0 Å². The smallest absolute Gasteiger partial charge is 0.179 e. The van der Waals surface area contributed by atoms with Crippen LogP contribution in [-0.4, -0.2) is 26.2 Å². The Kier molecular flexibility index (Phi) is 4.93. The minimum absolute atomic E-state index is 0.269. The molecule has 0 aromatic carbocycles. The van der Waals surface area contributed by atoms with Crippen LogP contribution in [0.3, 0.4) is 0 Å². The summed E-state index contributed by atoms with van der Waals surface area (Å²) in [6.07, 6.45) is 4.95. The lowest BCUT2D eigenvalue weighted by atomic mass is 10.0. The first kappa shape index (κ1) is 14.0. The maximum absolute atomic E-state index is 11.6. The van der Waals surface area contributed by atoms with Gasteiger partial charge in [-0.3, -0.25) is 0 Å². The topological polar surface area (TPSA) is 59.1 Å². The van der Waals surface area contributed by atoms with Crippen molar-refractivity contribution in [3.05, 3.63) is 18.3 Å². The zero-order valence-electron chi connectivity index (χ0n) is 10.6. The number of nitrogens with zero attached hydrogens (tertiary/aromatic N) is 1. The van der Waals surface area contributed by atoms with E-state index in [-0.39, 0.29) is 4.90 Å². The third-order valence-corrected chi connectivity index (χ3v) is 4.01. The number of sulfone groups is 1. The number of hydrogen-bond donors (Lipinski definition) is 1. The molecule has 0 radical (unpaired) electrons. The summed E-state index contributed by atoms with van der Waals surface area (Å²) >= 11 is 0. The van der Waals surface area contributed by atoms with Crippen LogP contribution in [0, 0.1) is 5.92 Å². The molecule has 1 heterocycles. The van der Waals surface area contributed by atoms with Gasteiger partial charge >= 0.3 is 0 Å². The standard InChI is InChI=1S/C12H20N2O2S/c1-4-10(5-2)9-14-12-11(17(3,15)16)7-6-8-13-12/h6-8,10H,4-5,9H2,1-3H3,(H,13,14). The molecule has 0 aliphatic rings. The van der Waals surface area contributed by atoms with Crippen molar-refractivity contribution in [2.24, 2.45) is 5.92 Å². The van der Waals surface area contributed by atoms with Crippen LogP contribution in [0.2, 0.25) is 0 Å². The monoisotopic (exact) mass is 256 g/mol. The van der Waals surface area contributed by atoms with Crippen molar-refractivity contribution in [3.8, 4) is 0 Å². The number of nitrogens with one attached hydrogen (secondary N) is 1. The van der Waals surface area contributed by atoms with Gasteiger partial charge in [0.1, 0.15) is 10.7 Å². The van der Waals surface area contributed by atoms with Crippen LogP contribution in [0.15, 0.2) is 23.2 Å². The predicted octanol–water partition coefficient (Wildman–Crippen LogP) is 2.33. The largest absolute Gasteiger partial charge is 0.369 e. The van der Waals surface area contributed by atoms with Crippen LogP contribution in [0.5, 0.6) is 0 Å². The summed E-state index contributed by atoms with van der Waals surface area (Å²) < 4.78 is 23.1. The Bertz CT molecular complexity index is 453. The van der Waals surface area contributed by atoms with Gasteiger partial charge < -0.3 is 5.32 Å². The second-order valence-corrected chi connectivity index (χ2v) is 6.17. The van der Waals surface area contributed by atoms with Crippen molar-refractivity contribution >= 4 is 15.7 Å². The first-order chi connectivity index (χ1) is 7.99. The van der Waals surface area contributed by atoms with Crippen molar-refractivity contribution in [3.63, 3.8) is 0 Å². The molecule has 0 unspecified atom stereocenters. The van der Waals surface area contributed by atoms with E-state index in [1.807, 2.05) is 0 Å². The Morgan fingerprint density at radius 2 is 2.00 bits per heavy atom. The summed E-state index contributed by atoms with van der Waals surface area (Å²) in [5.74, 6) is 1.01. The van der Waals surface area contributed by atoms with Gasteiger partial charge in [0.25, 0.3) is 0 Å². The Hall–Kier alpha value is -1.10. The molecule has 96 valence electrons. The molecule has 17 heavy (non-hydrogen) atoms. The molecule has 1 aromatic heterocycles. The lowest BCUT2D eigenvalue weighted by molar-refractivity contribution is 0.518. The number of pyridine rings is 1. The van der Waals surface area contributed by atoms with Gasteiger partial charge in [-0.05, 0) is 18.1 Å². The molecule has 1 aromatic rings. The van der Waals surface area contributed by atoms with Crippen molar-refractivity contribution in [2.45, 2.75) is 31.6 Å². The van der Waals surface area contributed by atoms with E-state index in [9.17, 15) is 8.42 Å². The summed E-state index contributed by atoms with van der Waals surface area (Å²) in [5, 5.41) is 3.13. The fraction of sp³-hybridized carbons (Fsp3) is 0.583. The SMILES string of the molecule is CCC(CC)CNc1ncccc1S(C)(=O)=O. The van der Waals surface area contributed by atoms with Gasteiger partial charge in [-0.25, -0.2) is 13.4 Å². The van der Waals surface area contributed by atoms with Gasteiger partial charge in [-0.15, -0.1) is 0 Å². The Morgan fingerprint density at radius 3 is 2.53 bits per heavy atom. The second-order valence-electron chi connectivity index (χ2n) is 4.19. The zero-order valence-corrected chi connectivity index (χ0v) is 11.4. The molecule has 0 aliphatic carbocycles. The molecule has 0 atom stereocenters. The van der Waals surface area contributed by atoms with Gasteiger partial charge in [0, 0.05) is 19.0 Å². The minimum atomic E-state index is -3.22. The van der Waals surface area contributed by atoms with Crippen molar-refractivity contribution in [2.75, 3.05) is 18.1 Å². The quantitative estimate of drug-likeness (QED) is 0.848. The Morgan fingerprint density at radius 1 is 1.35 bits per heavy atom. The van der Waals surface area contributed by atoms with Gasteiger partial charge in [-0.1, -0.05) is 26.7 Å². The van der Waals surface area contributed by atoms with Gasteiger partial charge in [-0.2, -0.15) is 0 Å². The number of rotatable bonds is 6. The molecule has 0 saturated carbocycles. The van der Waals surface area contributed by atoms with Gasteiger partial charge in [0.05, 0.1) is 0 Å². The molecule has 1 rings (SSSR count). The maximum atomic E-state index is 11.6. The maximum Gasteiger partial charge on any atom is 0.179 e. The van der Waals surface area contributed by atoms with Crippen LogP contribution < -0.4 is 5.32 Å². The lowest BCUT2D eigenvalue weighted by Gasteiger charge is -2.15. The molecule has 0 fully saturated rings. The highest BCUT2D eigenvalue weighted by molar-refractivity contribution is 7.90. The summed E-state index contributed by atoms with van der Waals surface area (Å²) in [5.41, 5.74) is 0. The van der Waals surface area contributed by atoms with Crippen molar-refractivity contribution in [1.29, 1.82) is 0 Å². The molecule has 4 nitrogen and oxygen atoms in total. The van der Waals surface area contributed by atoms with E-state index in [2.05, 4.69) is 24.1 Å². The molecule has 1 N–H and O–H groups in total. The molecule has 0 saturated heterocycles. The fourth-order valence-corrected chi connectivity index (χ4v) is 2.44. The third-order valence-electron chi connectivity index (χ3n) is 2.88. The zero-order chi connectivity index (χ0) is 12.9. The van der Waals surface area contributed by atoms with E-state index >= 15 is 0 Å². The van der Waals surface area contributed by atoms with Crippen LogP contribution >= 0.6 is 0 Å². The second kappa shape index (κ2) is 6.00. The lowest BCUT2D eigenvalue weighted by Crippen LogP contribution is -2.15. The van der Waals surface area contributed by atoms with Gasteiger partial charge in [0.15, 0.2) is 9.84 Å². The third kappa shape index (κ3) is 4.00. The normalized spacial score (nSPS) is 11.8. The predicted molar refractivity (Wildman–Crippen MR) is 69.9 cm³/mol. The molecule has 0 amide bonds. The van der Waals surface area contributed by atoms with Crippen LogP contribution in [-0.2, 0) is 9.84 Å². The van der Waals surface area contributed by atoms with E-state index in [1.54, 1.807) is 18.3 Å². The van der Waals surface area contributed by atoms with E-state index in [0.717, 1.165) is 19.4 Å². The minimum Gasteiger partial charge on any atom is -0.369 e. The molecular weight excluding hydrogens is 236 g/mol. The first-order valence-corrected chi connectivity index (χ1v) is 7.77. The number of anilines is 1. The van der Waals surface area contributed by atoms with Crippen LogP contribution in [0.1, 0.15) is 26.7 Å². The number of hydrogen-bond acceptors (Lipinski definition) is 4. The van der Waals surface area contributed by atoms with Crippen LogP contribution in [0.4, 0.5) is 5.82 Å². The summed E-state index contributed by atoms with van der Waals surface area (Å²) in [4.78, 5) is 4.36. The average molecular weight is 256 g/mol. The molecule has 0 aliphatic heterocycles. The highest BCUT2D eigenvalue weighted by Gasteiger charge is 2.14. The summed E-state index contributed by atoms with van der Waals surface area (Å²) in [6.45, 7) is 5.02. The van der Waals surface area contributed by atoms with E-state index in [4.69, 9.17) is 0 Å². The Balaban J connectivity index is 2.85. The van der Waals surface area contributed by atoms with Crippen molar-refractivity contribution < 1.29 is 8.42 Å². The highest BCUT2D eigenvalue weighted by Crippen LogP contribution is 2.18. The van der Waals surface area contributed by atoms with Gasteiger partial charge in [0.2, 0.25) is 0 Å². The average Bonchev–Trinajstić information content (AvgIpc) is 2.29. The van der Waals surface area contributed by atoms with E-state index in [1.165, 1.54) is 6.26 Å². The molecule has 0 bridgehead atoms.